The standard InChI is InChI=1S/C14H12BrNO6S/c1-8(17)22-6-5-9-7-12(23(20)21)13-10(14(9)15)3-2-4-11(13)16(18)19/h2-4,7H,5-6H2,1H3,(H,20,21)/p-1. The van der Waals surface area contributed by atoms with Crippen molar-refractivity contribution < 1.29 is 23.2 Å². The lowest BCUT2D eigenvalue weighted by Crippen LogP contribution is -2.05. The Morgan fingerprint density at radius 2 is 2.13 bits per heavy atom. The number of fused-ring (bicyclic) bond motifs is 1. The Kier molecular flexibility index (Phi) is 5.45. The number of benzene rings is 2. The van der Waals surface area contributed by atoms with E-state index in [1.807, 2.05) is 0 Å². The Morgan fingerprint density at radius 3 is 2.70 bits per heavy atom. The van der Waals surface area contributed by atoms with Crippen LogP contribution >= 0.6 is 15.9 Å². The molecule has 9 heteroatoms. The predicted molar refractivity (Wildman–Crippen MR) is 85.8 cm³/mol. The highest BCUT2D eigenvalue weighted by molar-refractivity contribution is 9.10. The zero-order chi connectivity index (χ0) is 17.1. The van der Waals surface area contributed by atoms with Crippen LogP contribution in [-0.2, 0) is 27.0 Å². The topological polar surface area (TPSA) is 110 Å². The molecule has 122 valence electrons. The number of halogens is 1. The summed E-state index contributed by atoms with van der Waals surface area (Å²) in [7, 11) is 0. The second-order valence-electron chi connectivity index (χ2n) is 4.63. The van der Waals surface area contributed by atoms with Gasteiger partial charge in [-0.15, -0.1) is 0 Å². The zero-order valence-corrected chi connectivity index (χ0v) is 14.3. The molecule has 2 rings (SSSR count). The highest BCUT2D eigenvalue weighted by Crippen LogP contribution is 2.37. The second-order valence-corrected chi connectivity index (χ2v) is 6.33. The number of carbonyl (C=O) groups excluding carboxylic acids is 1. The first kappa shape index (κ1) is 17.5. The molecule has 0 aliphatic carbocycles. The predicted octanol–water partition coefficient (Wildman–Crippen LogP) is 2.85. The molecule has 0 aromatic heterocycles. The minimum atomic E-state index is -2.65. The molecular weight excluding hydrogens is 390 g/mol. The number of esters is 1. The van der Waals surface area contributed by atoms with Crippen molar-refractivity contribution in [1.82, 2.24) is 0 Å². The van der Waals surface area contributed by atoms with E-state index in [1.165, 1.54) is 25.1 Å². The van der Waals surface area contributed by atoms with Gasteiger partial charge in [-0.1, -0.05) is 12.1 Å². The first-order valence-electron chi connectivity index (χ1n) is 6.44. The smallest absolute Gasteiger partial charge is 0.302 e. The molecule has 7 nitrogen and oxygen atoms in total. The third-order valence-electron chi connectivity index (χ3n) is 3.17. The molecule has 0 saturated carbocycles. The lowest BCUT2D eigenvalue weighted by molar-refractivity contribution is -0.383. The van der Waals surface area contributed by atoms with E-state index >= 15 is 0 Å². The molecule has 0 spiro atoms. The fourth-order valence-corrected chi connectivity index (χ4v) is 3.48. The minimum absolute atomic E-state index is 0.0499. The number of hydrogen-bond donors (Lipinski definition) is 0. The van der Waals surface area contributed by atoms with Crippen LogP contribution < -0.4 is 0 Å². The average molecular weight is 401 g/mol. The Bertz CT molecular complexity index is 823. The van der Waals surface area contributed by atoms with E-state index in [9.17, 15) is 23.7 Å². The number of hydrogen-bond acceptors (Lipinski definition) is 6. The van der Waals surface area contributed by atoms with Crippen molar-refractivity contribution in [3.05, 3.63) is 44.4 Å². The van der Waals surface area contributed by atoms with Crippen molar-refractivity contribution in [3.8, 4) is 0 Å². The van der Waals surface area contributed by atoms with Crippen LogP contribution in [0.25, 0.3) is 10.8 Å². The number of rotatable bonds is 5. The van der Waals surface area contributed by atoms with Gasteiger partial charge in [-0.05, 0) is 38.6 Å². The van der Waals surface area contributed by atoms with E-state index < -0.39 is 22.0 Å². The van der Waals surface area contributed by atoms with E-state index in [0.717, 1.165) is 0 Å². The Balaban J connectivity index is 2.65. The van der Waals surface area contributed by atoms with Crippen LogP contribution in [-0.4, -0.2) is 26.3 Å². The van der Waals surface area contributed by atoms with Crippen LogP contribution in [0.3, 0.4) is 0 Å². The molecule has 0 amide bonds. The minimum Gasteiger partial charge on any atom is -0.768 e. The highest BCUT2D eigenvalue weighted by Gasteiger charge is 2.19. The molecule has 0 heterocycles. The second kappa shape index (κ2) is 7.16. The van der Waals surface area contributed by atoms with Crippen LogP contribution in [0.4, 0.5) is 5.69 Å². The quantitative estimate of drug-likeness (QED) is 0.330. The summed E-state index contributed by atoms with van der Waals surface area (Å²) in [5, 5.41) is 11.6. The van der Waals surface area contributed by atoms with Gasteiger partial charge in [0.25, 0.3) is 5.69 Å². The summed E-state index contributed by atoms with van der Waals surface area (Å²) >= 11 is 0.705. The van der Waals surface area contributed by atoms with Crippen LogP contribution in [0.15, 0.2) is 33.6 Å². The van der Waals surface area contributed by atoms with Crippen LogP contribution in [0, 0.1) is 10.1 Å². The number of nitrogens with zero attached hydrogens (tertiary/aromatic N) is 1. The van der Waals surface area contributed by atoms with E-state index in [0.29, 0.717) is 15.4 Å². The summed E-state index contributed by atoms with van der Waals surface area (Å²) < 4.78 is 28.4. The maximum atomic E-state index is 11.5. The van der Waals surface area contributed by atoms with Crippen molar-refractivity contribution in [2.45, 2.75) is 18.2 Å². The Hall–Kier alpha value is -1.84. The summed E-state index contributed by atoms with van der Waals surface area (Å²) in [4.78, 5) is 21.2. The Labute approximate surface area is 142 Å². The van der Waals surface area contributed by atoms with Crippen molar-refractivity contribution in [1.29, 1.82) is 0 Å². The third kappa shape index (κ3) is 3.74. The fraction of sp³-hybridized carbons (Fsp3) is 0.214. The van der Waals surface area contributed by atoms with Gasteiger partial charge in [-0.2, -0.15) is 0 Å². The third-order valence-corrected chi connectivity index (χ3v) is 4.78. The number of ether oxygens (including phenoxy) is 1. The van der Waals surface area contributed by atoms with Gasteiger partial charge in [-0.25, -0.2) is 0 Å². The Morgan fingerprint density at radius 1 is 1.43 bits per heavy atom. The number of nitro groups is 1. The van der Waals surface area contributed by atoms with E-state index in [-0.39, 0.29) is 29.0 Å². The van der Waals surface area contributed by atoms with E-state index in [1.54, 1.807) is 6.07 Å². The maximum absolute atomic E-state index is 11.5. The summed E-state index contributed by atoms with van der Waals surface area (Å²) in [6.07, 6.45) is 0.281. The maximum Gasteiger partial charge on any atom is 0.302 e. The monoisotopic (exact) mass is 400 g/mol. The molecular formula is C14H11BrNO6S-. The molecule has 0 fully saturated rings. The number of non-ortho nitro benzene ring substituents is 1. The number of nitro benzene ring substituents is 1. The van der Waals surface area contributed by atoms with Gasteiger partial charge in [-0.3, -0.25) is 19.1 Å². The van der Waals surface area contributed by atoms with Crippen LogP contribution in [0.1, 0.15) is 12.5 Å². The molecule has 2 aromatic rings. The van der Waals surface area contributed by atoms with Gasteiger partial charge in [0.2, 0.25) is 0 Å². The van der Waals surface area contributed by atoms with Gasteiger partial charge in [0.1, 0.15) is 0 Å². The molecule has 0 N–H and O–H groups in total. The highest BCUT2D eigenvalue weighted by atomic mass is 79.9. The van der Waals surface area contributed by atoms with Gasteiger partial charge < -0.3 is 9.29 Å². The SMILES string of the molecule is CC(=O)OCCc1cc(S(=O)[O-])c2c([N+](=O)[O-])cccc2c1Br. The van der Waals surface area contributed by atoms with Gasteiger partial charge in [0.05, 0.1) is 16.9 Å². The van der Waals surface area contributed by atoms with Crippen molar-refractivity contribution >= 4 is 49.4 Å². The zero-order valence-electron chi connectivity index (χ0n) is 11.9. The summed E-state index contributed by atoms with van der Waals surface area (Å²) in [5.74, 6) is -0.440. The normalized spacial score (nSPS) is 12.1. The van der Waals surface area contributed by atoms with Crippen molar-refractivity contribution in [2.75, 3.05) is 6.61 Å². The average Bonchev–Trinajstić information content (AvgIpc) is 2.48. The van der Waals surface area contributed by atoms with E-state index in [2.05, 4.69) is 15.9 Å². The first-order chi connectivity index (χ1) is 10.8. The van der Waals surface area contributed by atoms with Gasteiger partial charge in [0, 0.05) is 34.2 Å². The molecule has 0 radical (unpaired) electrons. The van der Waals surface area contributed by atoms with Crippen molar-refractivity contribution in [3.63, 3.8) is 0 Å². The van der Waals surface area contributed by atoms with Gasteiger partial charge in [0.15, 0.2) is 0 Å². The first-order valence-corrected chi connectivity index (χ1v) is 8.30. The summed E-state index contributed by atoms with van der Waals surface area (Å²) in [5.41, 5.74) is 0.299. The molecule has 2 aromatic carbocycles. The lowest BCUT2D eigenvalue weighted by Gasteiger charge is -2.15. The molecule has 1 atom stereocenters. The van der Waals surface area contributed by atoms with Crippen molar-refractivity contribution in [2.24, 2.45) is 0 Å². The summed E-state index contributed by atoms with van der Waals surface area (Å²) in [6.45, 7) is 1.36. The van der Waals surface area contributed by atoms with Crippen LogP contribution in [0.5, 0.6) is 0 Å². The number of carbonyl (C=O) groups is 1. The lowest BCUT2D eigenvalue weighted by atomic mass is 10.0. The largest absolute Gasteiger partial charge is 0.768 e. The molecule has 0 aliphatic rings. The molecule has 0 aliphatic heterocycles. The van der Waals surface area contributed by atoms with E-state index in [4.69, 9.17) is 4.74 Å². The molecule has 0 saturated heterocycles. The fourth-order valence-electron chi connectivity index (χ4n) is 2.22. The molecule has 23 heavy (non-hydrogen) atoms. The molecule has 0 bridgehead atoms. The van der Waals surface area contributed by atoms with Crippen LogP contribution in [0.2, 0.25) is 0 Å². The van der Waals surface area contributed by atoms with Gasteiger partial charge >= 0.3 is 5.97 Å². The molecule has 1 unspecified atom stereocenters. The summed E-state index contributed by atoms with van der Waals surface area (Å²) in [6, 6.07) is 5.69.